The zero-order valence-electron chi connectivity index (χ0n) is 9.68. The van der Waals surface area contributed by atoms with Crippen LogP contribution in [0.25, 0.3) is 0 Å². The standard InChI is InChI=1S/C11H8ClN3O4/c1-5-7(11(17)18)8(15-19-5)10(16)14-6-3-2-4-13-9(6)12/h2-4H,1H3,(H,14,16)(H,17,18). The number of halogens is 1. The first-order valence-electron chi connectivity index (χ1n) is 5.12. The van der Waals surface area contributed by atoms with Crippen molar-refractivity contribution in [3.63, 3.8) is 0 Å². The van der Waals surface area contributed by atoms with Crippen molar-refractivity contribution in [2.24, 2.45) is 0 Å². The minimum absolute atomic E-state index is 0.0509. The van der Waals surface area contributed by atoms with Gasteiger partial charge in [0, 0.05) is 6.20 Å². The molecule has 0 saturated carbocycles. The number of pyridine rings is 1. The number of hydrogen-bond donors (Lipinski definition) is 2. The lowest BCUT2D eigenvalue weighted by molar-refractivity contribution is 0.0691. The first kappa shape index (κ1) is 13.0. The molecule has 2 aromatic rings. The molecule has 8 heteroatoms. The predicted molar refractivity (Wildman–Crippen MR) is 65.4 cm³/mol. The van der Waals surface area contributed by atoms with E-state index in [0.29, 0.717) is 0 Å². The maximum absolute atomic E-state index is 11.9. The average Bonchev–Trinajstić information content (AvgIpc) is 2.74. The molecule has 0 saturated heterocycles. The van der Waals surface area contributed by atoms with Crippen molar-refractivity contribution in [2.75, 3.05) is 5.32 Å². The number of carboxylic acid groups (broad SMARTS) is 1. The van der Waals surface area contributed by atoms with Crippen molar-refractivity contribution < 1.29 is 19.2 Å². The zero-order valence-corrected chi connectivity index (χ0v) is 10.4. The first-order valence-corrected chi connectivity index (χ1v) is 5.50. The van der Waals surface area contributed by atoms with E-state index in [-0.39, 0.29) is 27.9 Å². The molecule has 0 aliphatic carbocycles. The molecule has 0 atom stereocenters. The summed E-state index contributed by atoms with van der Waals surface area (Å²) < 4.78 is 4.71. The van der Waals surface area contributed by atoms with Crippen molar-refractivity contribution >= 4 is 29.2 Å². The molecule has 0 unspecified atom stereocenters. The number of anilines is 1. The van der Waals surface area contributed by atoms with Gasteiger partial charge in [-0.25, -0.2) is 9.78 Å². The molecule has 0 radical (unpaired) electrons. The Bertz CT molecular complexity index is 653. The van der Waals surface area contributed by atoms with E-state index in [1.54, 1.807) is 6.07 Å². The topological polar surface area (TPSA) is 105 Å². The van der Waals surface area contributed by atoms with Gasteiger partial charge in [-0.05, 0) is 19.1 Å². The number of aryl methyl sites for hydroxylation is 1. The number of hydrogen-bond acceptors (Lipinski definition) is 5. The van der Waals surface area contributed by atoms with Gasteiger partial charge < -0.3 is 14.9 Å². The molecule has 0 aliphatic rings. The molecule has 0 fully saturated rings. The molecule has 19 heavy (non-hydrogen) atoms. The number of rotatable bonds is 3. The van der Waals surface area contributed by atoms with Gasteiger partial charge in [0.05, 0.1) is 5.69 Å². The quantitative estimate of drug-likeness (QED) is 0.833. The third kappa shape index (κ3) is 2.55. The molecule has 1 amide bonds. The van der Waals surface area contributed by atoms with E-state index in [1.165, 1.54) is 19.2 Å². The molecular formula is C11H8ClN3O4. The summed E-state index contributed by atoms with van der Waals surface area (Å²) >= 11 is 5.78. The maximum atomic E-state index is 11.9. The molecule has 2 heterocycles. The molecular weight excluding hydrogens is 274 g/mol. The molecule has 98 valence electrons. The average molecular weight is 282 g/mol. The monoisotopic (exact) mass is 281 g/mol. The molecule has 2 rings (SSSR count). The van der Waals surface area contributed by atoms with Crippen LogP contribution in [-0.4, -0.2) is 27.1 Å². The van der Waals surface area contributed by atoms with Crippen molar-refractivity contribution in [3.8, 4) is 0 Å². The highest BCUT2D eigenvalue weighted by atomic mass is 35.5. The van der Waals surface area contributed by atoms with Crippen LogP contribution < -0.4 is 5.32 Å². The van der Waals surface area contributed by atoms with Crippen LogP contribution in [0, 0.1) is 6.92 Å². The van der Waals surface area contributed by atoms with Gasteiger partial charge in [0.1, 0.15) is 11.3 Å². The Hall–Kier alpha value is -2.41. The van der Waals surface area contributed by atoms with Crippen molar-refractivity contribution in [1.29, 1.82) is 0 Å². The van der Waals surface area contributed by atoms with Crippen LogP contribution in [0.5, 0.6) is 0 Å². The highest BCUT2D eigenvalue weighted by molar-refractivity contribution is 6.32. The second-order valence-electron chi connectivity index (χ2n) is 3.56. The second kappa shape index (κ2) is 5.07. The van der Waals surface area contributed by atoms with E-state index in [1.807, 2.05) is 0 Å². The summed E-state index contributed by atoms with van der Waals surface area (Å²) in [5, 5.41) is 14.9. The van der Waals surface area contributed by atoms with E-state index < -0.39 is 11.9 Å². The minimum Gasteiger partial charge on any atom is -0.477 e. The Labute approximate surface area is 112 Å². The van der Waals surface area contributed by atoms with Crippen molar-refractivity contribution in [3.05, 3.63) is 40.5 Å². The minimum atomic E-state index is -1.29. The van der Waals surface area contributed by atoms with E-state index in [9.17, 15) is 9.59 Å². The fourth-order valence-corrected chi connectivity index (χ4v) is 1.61. The Balaban J connectivity index is 2.31. The highest BCUT2D eigenvalue weighted by Crippen LogP contribution is 2.20. The Morgan fingerprint density at radius 2 is 2.21 bits per heavy atom. The third-order valence-corrected chi connectivity index (χ3v) is 2.60. The molecule has 7 nitrogen and oxygen atoms in total. The third-order valence-electron chi connectivity index (χ3n) is 2.30. The molecule has 2 aromatic heterocycles. The lowest BCUT2D eigenvalue weighted by Crippen LogP contribution is -2.16. The number of amides is 1. The summed E-state index contributed by atoms with van der Waals surface area (Å²) in [5.74, 6) is -1.97. The predicted octanol–water partition coefficient (Wildman–Crippen LogP) is 1.98. The summed E-state index contributed by atoms with van der Waals surface area (Å²) in [6, 6.07) is 3.11. The van der Waals surface area contributed by atoms with Crippen LogP contribution in [0.1, 0.15) is 26.6 Å². The van der Waals surface area contributed by atoms with Crippen LogP contribution >= 0.6 is 11.6 Å². The number of nitrogens with zero attached hydrogens (tertiary/aromatic N) is 2. The second-order valence-corrected chi connectivity index (χ2v) is 3.92. The fraction of sp³-hybridized carbons (Fsp3) is 0.0909. The number of carboxylic acids is 1. The van der Waals surface area contributed by atoms with E-state index in [0.717, 1.165) is 0 Å². The molecule has 0 aromatic carbocycles. The van der Waals surface area contributed by atoms with Crippen LogP contribution in [0.2, 0.25) is 5.15 Å². The summed E-state index contributed by atoms with van der Waals surface area (Å²) in [7, 11) is 0. The summed E-state index contributed by atoms with van der Waals surface area (Å²) in [5.41, 5.74) is -0.339. The van der Waals surface area contributed by atoms with Gasteiger partial charge >= 0.3 is 5.97 Å². The number of carbonyl (C=O) groups excluding carboxylic acids is 1. The van der Waals surface area contributed by atoms with E-state index >= 15 is 0 Å². The lowest BCUT2D eigenvalue weighted by Gasteiger charge is -2.04. The molecule has 2 N–H and O–H groups in total. The Morgan fingerprint density at radius 3 is 2.84 bits per heavy atom. The lowest BCUT2D eigenvalue weighted by atomic mass is 10.2. The van der Waals surface area contributed by atoms with E-state index in [2.05, 4.69) is 15.5 Å². The summed E-state index contributed by atoms with van der Waals surface area (Å²) in [4.78, 5) is 26.7. The van der Waals surface area contributed by atoms with Gasteiger partial charge in [-0.1, -0.05) is 16.8 Å². The Morgan fingerprint density at radius 1 is 1.47 bits per heavy atom. The van der Waals surface area contributed by atoms with Crippen molar-refractivity contribution in [1.82, 2.24) is 10.1 Å². The normalized spacial score (nSPS) is 10.2. The number of nitrogens with one attached hydrogen (secondary N) is 1. The van der Waals surface area contributed by atoms with E-state index in [4.69, 9.17) is 21.2 Å². The van der Waals surface area contributed by atoms with Gasteiger partial charge in [0.15, 0.2) is 10.8 Å². The van der Waals surface area contributed by atoms with Gasteiger partial charge in [0.25, 0.3) is 5.91 Å². The van der Waals surface area contributed by atoms with Gasteiger partial charge in [-0.15, -0.1) is 0 Å². The SMILES string of the molecule is Cc1onc(C(=O)Nc2cccnc2Cl)c1C(=O)O. The van der Waals surface area contributed by atoms with Crippen molar-refractivity contribution in [2.45, 2.75) is 6.92 Å². The number of aromatic carboxylic acids is 1. The zero-order chi connectivity index (χ0) is 14.0. The van der Waals surface area contributed by atoms with Crippen LogP contribution in [0.15, 0.2) is 22.9 Å². The summed E-state index contributed by atoms with van der Waals surface area (Å²) in [6.07, 6.45) is 1.46. The molecule has 0 bridgehead atoms. The molecule has 0 aliphatic heterocycles. The fourth-order valence-electron chi connectivity index (χ4n) is 1.44. The van der Waals surface area contributed by atoms with Gasteiger partial charge in [-0.3, -0.25) is 4.79 Å². The summed E-state index contributed by atoms with van der Waals surface area (Å²) in [6.45, 7) is 1.41. The van der Waals surface area contributed by atoms with Crippen LogP contribution in [0.4, 0.5) is 5.69 Å². The van der Waals surface area contributed by atoms with Crippen LogP contribution in [0.3, 0.4) is 0 Å². The number of aromatic nitrogens is 2. The smallest absolute Gasteiger partial charge is 0.341 e. The maximum Gasteiger partial charge on any atom is 0.341 e. The number of carbonyl (C=O) groups is 2. The molecule has 0 spiro atoms. The largest absolute Gasteiger partial charge is 0.477 e. The Kier molecular flexibility index (Phi) is 3.48. The van der Waals surface area contributed by atoms with Gasteiger partial charge in [0.2, 0.25) is 0 Å². The highest BCUT2D eigenvalue weighted by Gasteiger charge is 2.25. The van der Waals surface area contributed by atoms with Crippen LogP contribution in [-0.2, 0) is 0 Å². The first-order chi connectivity index (χ1) is 9.00. The van der Waals surface area contributed by atoms with Gasteiger partial charge in [-0.2, -0.15) is 0 Å².